The highest BCUT2D eigenvalue weighted by Crippen LogP contribution is 2.53. The average molecular weight is 792 g/mol. The van der Waals surface area contributed by atoms with Crippen molar-refractivity contribution in [1.82, 2.24) is 0 Å². The third kappa shape index (κ3) is 8.27. The quantitative estimate of drug-likeness (QED) is 0.0668. The molecule has 0 aliphatic rings. The van der Waals surface area contributed by atoms with Crippen molar-refractivity contribution < 1.29 is 28.0 Å². The molecule has 0 aromatic heterocycles. The summed E-state index contributed by atoms with van der Waals surface area (Å²) < 4.78 is 36.2. The maximum absolute atomic E-state index is 10.5. The molecule has 0 saturated carbocycles. The average Bonchev–Trinajstić information content (AvgIpc) is 3.28. The van der Waals surface area contributed by atoms with Gasteiger partial charge < -0.3 is 28.0 Å². The normalized spacial score (nSPS) is 12.9. The van der Waals surface area contributed by atoms with Crippen molar-refractivity contribution in [2.45, 2.75) is 35.9 Å². The molecule has 0 aliphatic carbocycles. The number of nitrogens with two attached hydrogens (primary N) is 1. The third-order valence-electron chi connectivity index (χ3n) is 10.6. The van der Waals surface area contributed by atoms with Gasteiger partial charge in [-0.05, 0) is 81.9 Å². The van der Waals surface area contributed by atoms with E-state index in [-0.39, 0.29) is 12.8 Å². The van der Waals surface area contributed by atoms with Crippen LogP contribution in [0.25, 0.3) is 0 Å². The highest BCUT2D eigenvalue weighted by atomic mass is 31.2. The molecular weight excluding hydrogens is 746 g/mol. The SMILES string of the molecule is COc1ccc(C(c2ccccc2)(c2ccc(OC)cc2)C(CC#N)OP(N)OC(CC#N)C(c2ccccc2)(c2ccc(OC)cc2)c2ccc(OC)cc2)cc1. The zero-order chi connectivity index (χ0) is 41.0. The Hall–Kier alpha value is -6.19. The first-order valence-electron chi connectivity index (χ1n) is 18.7. The van der Waals surface area contributed by atoms with Crippen LogP contribution in [0.1, 0.15) is 46.2 Å². The molecule has 0 heterocycles. The fourth-order valence-electron chi connectivity index (χ4n) is 7.91. The number of benzene rings is 6. The van der Waals surface area contributed by atoms with Crippen LogP contribution in [0.5, 0.6) is 23.0 Å². The van der Waals surface area contributed by atoms with Gasteiger partial charge in [-0.25, -0.2) is 0 Å². The predicted octanol–water partition coefficient (Wildman–Crippen LogP) is 9.87. The van der Waals surface area contributed by atoms with Gasteiger partial charge in [-0.1, -0.05) is 109 Å². The summed E-state index contributed by atoms with van der Waals surface area (Å²) in [5.74, 6) is 2.71. The second-order valence-electron chi connectivity index (χ2n) is 13.5. The van der Waals surface area contributed by atoms with Gasteiger partial charge in [0.25, 0.3) is 8.53 Å². The van der Waals surface area contributed by atoms with Gasteiger partial charge in [0.15, 0.2) is 0 Å². The zero-order valence-electron chi connectivity index (χ0n) is 32.9. The van der Waals surface area contributed by atoms with Crippen molar-refractivity contribution in [3.05, 3.63) is 191 Å². The maximum Gasteiger partial charge on any atom is 0.253 e. The Balaban J connectivity index is 1.54. The lowest BCUT2D eigenvalue weighted by Crippen LogP contribution is -2.45. The first-order valence-corrected chi connectivity index (χ1v) is 19.9. The van der Waals surface area contributed by atoms with Crippen LogP contribution >= 0.6 is 8.53 Å². The van der Waals surface area contributed by atoms with Crippen molar-refractivity contribution >= 4 is 8.53 Å². The molecule has 2 atom stereocenters. The summed E-state index contributed by atoms with van der Waals surface area (Å²) in [6.07, 6.45) is -1.88. The van der Waals surface area contributed by atoms with Crippen LogP contribution in [-0.4, -0.2) is 40.6 Å². The van der Waals surface area contributed by atoms with Crippen LogP contribution in [-0.2, 0) is 19.9 Å². The molecule has 10 heteroatoms. The molecule has 9 nitrogen and oxygen atoms in total. The Morgan fingerprint density at radius 1 is 0.431 bits per heavy atom. The van der Waals surface area contributed by atoms with Crippen molar-refractivity contribution in [2.24, 2.45) is 5.50 Å². The van der Waals surface area contributed by atoms with E-state index in [0.29, 0.717) is 23.0 Å². The molecule has 0 spiro atoms. The first kappa shape index (κ1) is 41.4. The van der Waals surface area contributed by atoms with Gasteiger partial charge in [0.2, 0.25) is 0 Å². The highest BCUT2D eigenvalue weighted by Gasteiger charge is 2.49. The Bertz CT molecular complexity index is 2020. The summed E-state index contributed by atoms with van der Waals surface area (Å²) in [7, 11) is 4.19. The van der Waals surface area contributed by atoms with Crippen molar-refractivity contribution in [3.8, 4) is 35.1 Å². The van der Waals surface area contributed by atoms with E-state index in [9.17, 15) is 10.5 Å². The summed E-state index contributed by atoms with van der Waals surface area (Å²) >= 11 is 0. The number of hydrogen-bond acceptors (Lipinski definition) is 9. The minimum atomic E-state index is -2.29. The lowest BCUT2D eigenvalue weighted by Gasteiger charge is -2.44. The topological polar surface area (TPSA) is 129 Å². The zero-order valence-corrected chi connectivity index (χ0v) is 33.8. The van der Waals surface area contributed by atoms with Crippen LogP contribution < -0.4 is 24.5 Å². The van der Waals surface area contributed by atoms with Gasteiger partial charge in [-0.15, -0.1) is 0 Å². The third-order valence-corrected chi connectivity index (χ3v) is 11.5. The first-order chi connectivity index (χ1) is 28.4. The Kier molecular flexibility index (Phi) is 13.8. The molecule has 58 heavy (non-hydrogen) atoms. The van der Waals surface area contributed by atoms with Crippen LogP contribution in [0.3, 0.4) is 0 Å². The summed E-state index contributed by atoms with van der Waals surface area (Å²) in [6, 6.07) is 55.6. The number of nitriles is 2. The minimum absolute atomic E-state index is 0.0595. The predicted molar refractivity (Wildman–Crippen MR) is 226 cm³/mol. The smallest absolute Gasteiger partial charge is 0.253 e. The Labute approximate surface area is 342 Å². The fraction of sp³-hybridized carbons (Fsp3) is 0.208. The lowest BCUT2D eigenvalue weighted by atomic mass is 9.65. The van der Waals surface area contributed by atoms with Crippen LogP contribution in [0.15, 0.2) is 158 Å². The summed E-state index contributed by atoms with van der Waals surface area (Å²) in [6.45, 7) is 0. The van der Waals surface area contributed by atoms with E-state index in [2.05, 4.69) is 12.1 Å². The van der Waals surface area contributed by atoms with E-state index in [1.54, 1.807) is 28.4 Å². The van der Waals surface area contributed by atoms with E-state index in [0.717, 1.165) is 33.4 Å². The second-order valence-corrected chi connectivity index (χ2v) is 14.5. The van der Waals surface area contributed by atoms with E-state index in [4.69, 9.17) is 33.5 Å². The minimum Gasteiger partial charge on any atom is -0.497 e. The van der Waals surface area contributed by atoms with Gasteiger partial charge in [0.1, 0.15) is 23.0 Å². The number of ether oxygens (including phenoxy) is 4. The fourth-order valence-corrected chi connectivity index (χ4v) is 8.93. The van der Waals surface area contributed by atoms with Gasteiger partial charge in [0, 0.05) is 0 Å². The molecule has 0 bridgehead atoms. The molecule has 0 radical (unpaired) electrons. The lowest BCUT2D eigenvalue weighted by molar-refractivity contribution is 0.0980. The molecule has 0 amide bonds. The summed E-state index contributed by atoms with van der Waals surface area (Å²) in [4.78, 5) is 0. The highest BCUT2D eigenvalue weighted by molar-refractivity contribution is 7.44. The van der Waals surface area contributed by atoms with Gasteiger partial charge in [-0.3, -0.25) is 5.50 Å². The van der Waals surface area contributed by atoms with E-state index in [1.165, 1.54) is 0 Å². The van der Waals surface area contributed by atoms with Crippen molar-refractivity contribution in [2.75, 3.05) is 28.4 Å². The second kappa shape index (κ2) is 19.3. The molecule has 0 saturated heterocycles. The monoisotopic (exact) mass is 791 g/mol. The molecule has 2 N–H and O–H groups in total. The van der Waals surface area contributed by atoms with E-state index < -0.39 is 31.6 Å². The molecule has 0 fully saturated rings. The number of nitrogens with zero attached hydrogens (tertiary/aromatic N) is 2. The molecular formula is C48H46N3O6P. The van der Waals surface area contributed by atoms with Crippen molar-refractivity contribution in [1.29, 1.82) is 10.5 Å². The number of methoxy groups -OCH3 is 4. The summed E-state index contributed by atoms with van der Waals surface area (Å²) in [5.41, 5.74) is 10.1. The van der Waals surface area contributed by atoms with Gasteiger partial charge >= 0.3 is 0 Å². The van der Waals surface area contributed by atoms with E-state index in [1.807, 2.05) is 158 Å². The van der Waals surface area contributed by atoms with E-state index >= 15 is 0 Å². The summed E-state index contributed by atoms with van der Waals surface area (Å²) in [5, 5.41) is 21.1. The molecule has 294 valence electrons. The number of rotatable bonds is 18. The van der Waals surface area contributed by atoms with Gasteiger partial charge in [-0.2, -0.15) is 10.5 Å². The molecule has 6 aromatic rings. The molecule has 6 aromatic carbocycles. The Morgan fingerprint density at radius 3 is 0.897 bits per heavy atom. The van der Waals surface area contributed by atoms with Crippen LogP contribution in [0.2, 0.25) is 0 Å². The van der Waals surface area contributed by atoms with Gasteiger partial charge in [0.05, 0.1) is 76.5 Å². The van der Waals surface area contributed by atoms with Crippen LogP contribution in [0.4, 0.5) is 0 Å². The molecule has 6 rings (SSSR count). The Morgan fingerprint density at radius 2 is 0.672 bits per heavy atom. The maximum atomic E-state index is 10.5. The van der Waals surface area contributed by atoms with Crippen LogP contribution in [0, 0.1) is 22.7 Å². The van der Waals surface area contributed by atoms with Crippen molar-refractivity contribution in [3.63, 3.8) is 0 Å². The number of hydrogen-bond donors (Lipinski definition) is 1. The molecule has 0 aliphatic heterocycles. The standard InChI is InChI=1S/C48H46N3O6P/c1-52-41-23-15-37(16-24-41)47(35-11-7-5-8-12-35,38-17-25-42(53-2)26-18-38)45(31-33-49)56-58(51)57-46(32-34-50)48(36-13-9-6-10-14-36,39-19-27-43(54-3)28-20-39)40-21-29-44(55-4)30-22-40/h5-30,45-46H,31-32,51H2,1-4H3. The molecule has 2 unspecified atom stereocenters. The largest absolute Gasteiger partial charge is 0.497 e.